The lowest BCUT2D eigenvalue weighted by atomic mass is 9.99. The van der Waals surface area contributed by atoms with E-state index >= 15 is 0 Å². The van der Waals surface area contributed by atoms with E-state index < -0.39 is 38.4 Å². The third kappa shape index (κ3) is 3.18. The Labute approximate surface area is 153 Å². The van der Waals surface area contributed by atoms with Gasteiger partial charge in [-0.05, 0) is 31.5 Å². The Morgan fingerprint density at radius 3 is 1.88 bits per heavy atom. The molecule has 0 aliphatic heterocycles. The molecule has 0 unspecified atom stereocenters. The number of benzene rings is 1. The second-order valence-corrected chi connectivity index (χ2v) is 8.34. The highest BCUT2D eigenvalue weighted by molar-refractivity contribution is 7.92. The van der Waals surface area contributed by atoms with E-state index in [-0.39, 0.29) is 19.0 Å². The Kier molecular flexibility index (Phi) is 5.95. The van der Waals surface area contributed by atoms with Crippen LogP contribution in [0, 0.1) is 5.41 Å². The summed E-state index contributed by atoms with van der Waals surface area (Å²) in [4.78, 5) is 25.4. The zero-order valence-corrected chi connectivity index (χ0v) is 16.2. The molecule has 1 aromatic rings. The average Bonchev–Trinajstić information content (AvgIpc) is 3.35. The lowest BCUT2D eigenvalue weighted by Gasteiger charge is -2.15. The van der Waals surface area contributed by atoms with Gasteiger partial charge in [0.15, 0.2) is 15.3 Å². The van der Waals surface area contributed by atoms with Gasteiger partial charge < -0.3 is 14.2 Å². The monoisotopic (exact) mass is 384 g/mol. The van der Waals surface area contributed by atoms with Crippen molar-refractivity contribution >= 4 is 21.8 Å². The molecule has 7 nitrogen and oxygen atoms in total. The number of esters is 2. The van der Waals surface area contributed by atoms with E-state index in [2.05, 4.69) is 0 Å². The normalized spacial score (nSPS) is 20.9. The first-order valence-corrected chi connectivity index (χ1v) is 10.2. The molecule has 0 N–H and O–H groups in total. The van der Waals surface area contributed by atoms with Crippen molar-refractivity contribution in [2.45, 2.75) is 31.9 Å². The van der Waals surface area contributed by atoms with Crippen molar-refractivity contribution in [3.05, 3.63) is 29.8 Å². The smallest absolute Gasteiger partial charge is 0.325 e. The van der Waals surface area contributed by atoms with Crippen LogP contribution in [0.2, 0.25) is 0 Å². The Hall–Kier alpha value is -2.09. The molecular formula is C18H24O7S. The highest BCUT2D eigenvalue weighted by Gasteiger charge is 2.81. The predicted octanol–water partition coefficient (Wildman–Crippen LogP) is 1.71. The van der Waals surface area contributed by atoms with E-state index in [0.717, 1.165) is 0 Å². The summed E-state index contributed by atoms with van der Waals surface area (Å²) in [6.07, 6.45) is 0. The zero-order valence-electron chi connectivity index (χ0n) is 15.4. The molecule has 0 saturated heterocycles. The molecular weight excluding hydrogens is 360 g/mol. The van der Waals surface area contributed by atoms with Crippen molar-refractivity contribution in [3.63, 3.8) is 0 Å². The van der Waals surface area contributed by atoms with Crippen LogP contribution in [0.1, 0.15) is 32.3 Å². The summed E-state index contributed by atoms with van der Waals surface area (Å²) < 4.78 is 40.6. The number of carbonyl (C=O) groups excluding carboxylic acids is 2. The third-order valence-electron chi connectivity index (χ3n) is 4.62. The van der Waals surface area contributed by atoms with Crippen molar-refractivity contribution < 1.29 is 32.2 Å². The minimum Gasteiger partial charge on any atom is -0.497 e. The number of sulfone groups is 1. The van der Waals surface area contributed by atoms with E-state index in [0.29, 0.717) is 11.3 Å². The minimum absolute atomic E-state index is 0.0359. The first-order valence-electron chi connectivity index (χ1n) is 8.51. The fraction of sp³-hybridized carbons (Fsp3) is 0.556. The van der Waals surface area contributed by atoms with Gasteiger partial charge in [0, 0.05) is 11.7 Å². The molecule has 1 fully saturated rings. The van der Waals surface area contributed by atoms with Gasteiger partial charge in [0.2, 0.25) is 0 Å². The summed E-state index contributed by atoms with van der Waals surface area (Å²) in [6, 6.07) is 6.62. The molecule has 0 spiro atoms. The van der Waals surface area contributed by atoms with E-state index in [9.17, 15) is 18.0 Å². The first-order chi connectivity index (χ1) is 12.3. The number of hydrogen-bond donors (Lipinski definition) is 0. The molecule has 26 heavy (non-hydrogen) atoms. The van der Waals surface area contributed by atoms with Gasteiger partial charge in [-0.25, -0.2) is 8.42 Å². The first kappa shape index (κ1) is 20.2. The van der Waals surface area contributed by atoms with Gasteiger partial charge in [0.05, 0.1) is 25.6 Å². The number of carbonyl (C=O) groups is 2. The Bertz CT molecular complexity index is 749. The second-order valence-electron chi connectivity index (χ2n) is 5.93. The molecule has 1 saturated carbocycles. The van der Waals surface area contributed by atoms with Gasteiger partial charge in [0.1, 0.15) is 5.75 Å². The van der Waals surface area contributed by atoms with Gasteiger partial charge >= 0.3 is 11.9 Å². The van der Waals surface area contributed by atoms with Crippen molar-refractivity contribution in [3.8, 4) is 5.75 Å². The van der Waals surface area contributed by atoms with Crippen LogP contribution in [0.3, 0.4) is 0 Å². The lowest BCUT2D eigenvalue weighted by Crippen LogP contribution is -2.36. The molecule has 0 radical (unpaired) electrons. The van der Waals surface area contributed by atoms with E-state index in [1.807, 2.05) is 0 Å². The fourth-order valence-corrected chi connectivity index (χ4v) is 5.32. The quantitative estimate of drug-likeness (QED) is 0.497. The Morgan fingerprint density at radius 1 is 1.00 bits per heavy atom. The minimum atomic E-state index is -3.71. The van der Waals surface area contributed by atoms with Gasteiger partial charge in [-0.1, -0.05) is 19.1 Å². The predicted molar refractivity (Wildman–Crippen MR) is 94.7 cm³/mol. The zero-order chi connectivity index (χ0) is 19.5. The number of hydrogen-bond acceptors (Lipinski definition) is 7. The second kappa shape index (κ2) is 7.65. The molecule has 1 aromatic carbocycles. The third-order valence-corrected chi connectivity index (χ3v) is 6.85. The lowest BCUT2D eigenvalue weighted by molar-refractivity contribution is -0.164. The van der Waals surface area contributed by atoms with E-state index in [1.165, 1.54) is 14.0 Å². The molecule has 0 bridgehead atoms. The molecule has 1 aliphatic rings. The number of methoxy groups -OCH3 is 1. The van der Waals surface area contributed by atoms with E-state index in [4.69, 9.17) is 14.2 Å². The fourth-order valence-electron chi connectivity index (χ4n) is 3.35. The van der Waals surface area contributed by atoms with Crippen LogP contribution >= 0.6 is 0 Å². The van der Waals surface area contributed by atoms with Crippen molar-refractivity contribution in [2.75, 3.05) is 26.1 Å². The average molecular weight is 384 g/mol. The van der Waals surface area contributed by atoms with Crippen molar-refractivity contribution in [1.82, 2.24) is 0 Å². The van der Waals surface area contributed by atoms with Crippen molar-refractivity contribution in [2.24, 2.45) is 5.41 Å². The highest BCUT2D eigenvalue weighted by atomic mass is 32.2. The topological polar surface area (TPSA) is 96.0 Å². The molecule has 0 aromatic heterocycles. The van der Waals surface area contributed by atoms with Gasteiger partial charge in [-0.2, -0.15) is 0 Å². The maximum atomic E-state index is 12.7. The van der Waals surface area contributed by atoms with Crippen LogP contribution in [-0.4, -0.2) is 51.7 Å². The van der Waals surface area contributed by atoms with Crippen LogP contribution < -0.4 is 4.74 Å². The summed E-state index contributed by atoms with van der Waals surface area (Å²) in [5, 5.41) is -1.20. The molecule has 2 rings (SSSR count). The summed E-state index contributed by atoms with van der Waals surface area (Å²) in [6.45, 7) is 4.76. The Balaban J connectivity index is 2.59. The molecule has 144 valence electrons. The Morgan fingerprint density at radius 2 is 1.50 bits per heavy atom. The van der Waals surface area contributed by atoms with E-state index in [1.54, 1.807) is 38.1 Å². The number of ether oxygens (including phenoxy) is 3. The largest absolute Gasteiger partial charge is 0.497 e. The van der Waals surface area contributed by atoms with Gasteiger partial charge in [-0.15, -0.1) is 0 Å². The maximum absolute atomic E-state index is 12.7. The summed E-state index contributed by atoms with van der Waals surface area (Å²) in [5.41, 5.74) is -1.32. The van der Waals surface area contributed by atoms with Crippen molar-refractivity contribution in [1.29, 1.82) is 0 Å². The number of rotatable bonds is 8. The van der Waals surface area contributed by atoms with Gasteiger partial charge in [-0.3, -0.25) is 9.59 Å². The highest BCUT2D eigenvalue weighted by Crippen LogP contribution is 2.64. The molecule has 0 amide bonds. The molecule has 8 heteroatoms. The molecule has 2 atom stereocenters. The van der Waals surface area contributed by atoms with Crippen LogP contribution in [0.5, 0.6) is 5.75 Å². The molecule has 0 heterocycles. The standard InChI is InChI=1S/C18H24O7S/c1-5-24-16(19)18(17(20)25-6-2)14(15(18)26(21,22)7-3)12-8-10-13(23-4)11-9-12/h8-11,14-15H,5-7H2,1-4H3/t14-,15-/m0/s1. The maximum Gasteiger partial charge on any atom is 0.325 e. The van der Waals surface area contributed by atoms with Crippen LogP contribution in [0.4, 0.5) is 0 Å². The van der Waals surface area contributed by atoms with Crippen LogP contribution in [0.15, 0.2) is 24.3 Å². The van der Waals surface area contributed by atoms with Crippen LogP contribution in [-0.2, 0) is 28.9 Å². The van der Waals surface area contributed by atoms with Crippen LogP contribution in [0.25, 0.3) is 0 Å². The summed E-state index contributed by atoms with van der Waals surface area (Å²) >= 11 is 0. The summed E-state index contributed by atoms with van der Waals surface area (Å²) in [7, 11) is -2.19. The molecule has 1 aliphatic carbocycles. The van der Waals surface area contributed by atoms with Gasteiger partial charge in [0.25, 0.3) is 0 Å². The SMILES string of the molecule is CCOC(=O)C1(C(=O)OCC)[C@@H](c2ccc(OC)cc2)[C@@H]1S(=O)(=O)CC. The summed E-state index contributed by atoms with van der Waals surface area (Å²) in [5.74, 6) is -2.17.